The van der Waals surface area contributed by atoms with Gasteiger partial charge in [-0.3, -0.25) is 4.63 Å². The lowest BCUT2D eigenvalue weighted by Gasteiger charge is -1.95. The van der Waals surface area contributed by atoms with Crippen molar-refractivity contribution in [2.75, 3.05) is 0 Å². The molecule has 0 aliphatic heterocycles. The number of nitrogens with zero attached hydrogens (tertiary/aromatic N) is 3. The SMILES string of the molecule is N#Cc1c(-c2ccc(F)c(Br)c2)no[n+]1[O-]. The van der Waals surface area contributed by atoms with E-state index in [-0.39, 0.29) is 20.8 Å². The average molecular weight is 284 g/mol. The molecule has 0 radical (unpaired) electrons. The van der Waals surface area contributed by atoms with E-state index in [2.05, 4.69) is 25.7 Å². The predicted molar refractivity (Wildman–Crippen MR) is 53.3 cm³/mol. The molecule has 1 aromatic heterocycles. The number of rotatable bonds is 1. The van der Waals surface area contributed by atoms with Gasteiger partial charge in [-0.05, 0) is 39.0 Å². The molecule has 2 aromatic rings. The van der Waals surface area contributed by atoms with Crippen molar-refractivity contribution < 1.29 is 13.9 Å². The van der Waals surface area contributed by atoms with Crippen LogP contribution in [0.25, 0.3) is 11.3 Å². The standard InChI is InChI=1S/C9H3BrFN3O2/c10-6-3-5(1-2-7(6)11)9-8(4-12)14(15)16-13-9/h1-3H. The summed E-state index contributed by atoms with van der Waals surface area (Å²) in [6.07, 6.45) is 0. The largest absolute Gasteiger partial charge is 0.358 e. The molecule has 0 unspecified atom stereocenters. The Kier molecular flexibility index (Phi) is 2.58. The van der Waals surface area contributed by atoms with Gasteiger partial charge in [0, 0.05) is 10.7 Å². The van der Waals surface area contributed by atoms with Gasteiger partial charge in [0.2, 0.25) is 0 Å². The molecular formula is C9H3BrFN3O2. The van der Waals surface area contributed by atoms with Gasteiger partial charge in [-0.25, -0.2) is 4.39 Å². The predicted octanol–water partition coefficient (Wildman–Crippen LogP) is 1.75. The van der Waals surface area contributed by atoms with E-state index in [0.717, 1.165) is 0 Å². The van der Waals surface area contributed by atoms with Gasteiger partial charge < -0.3 is 5.21 Å². The van der Waals surface area contributed by atoms with Crippen molar-refractivity contribution in [2.24, 2.45) is 0 Å². The molecule has 1 heterocycles. The maximum absolute atomic E-state index is 13.0. The molecule has 0 amide bonds. The van der Waals surface area contributed by atoms with Crippen LogP contribution in [-0.4, -0.2) is 5.16 Å². The molecule has 0 atom stereocenters. The third-order valence-electron chi connectivity index (χ3n) is 1.91. The van der Waals surface area contributed by atoms with Gasteiger partial charge in [0.1, 0.15) is 5.82 Å². The van der Waals surface area contributed by atoms with Crippen LogP contribution >= 0.6 is 15.9 Å². The van der Waals surface area contributed by atoms with Gasteiger partial charge in [-0.1, -0.05) is 0 Å². The van der Waals surface area contributed by atoms with Crippen LogP contribution in [0.4, 0.5) is 4.39 Å². The molecule has 7 heteroatoms. The average Bonchev–Trinajstić information content (AvgIpc) is 2.63. The Hall–Kier alpha value is -1.94. The minimum absolute atomic E-state index is 0.00654. The Labute approximate surface area is 97.4 Å². The van der Waals surface area contributed by atoms with Crippen molar-refractivity contribution in [3.8, 4) is 17.3 Å². The van der Waals surface area contributed by atoms with Crippen LogP contribution in [0.15, 0.2) is 27.3 Å². The van der Waals surface area contributed by atoms with Crippen molar-refractivity contribution >= 4 is 15.9 Å². The second kappa shape index (κ2) is 3.90. The zero-order valence-corrected chi connectivity index (χ0v) is 9.23. The first-order chi connectivity index (χ1) is 7.63. The molecule has 16 heavy (non-hydrogen) atoms. The summed E-state index contributed by atoms with van der Waals surface area (Å²) in [4.78, 5) is 0.00654. The number of hydrogen-bond acceptors (Lipinski definition) is 4. The Bertz CT molecular complexity index is 591. The molecule has 0 aliphatic rings. The van der Waals surface area contributed by atoms with E-state index in [1.54, 1.807) is 6.07 Å². The molecule has 5 nitrogen and oxygen atoms in total. The lowest BCUT2D eigenvalue weighted by atomic mass is 10.1. The summed E-state index contributed by atoms with van der Waals surface area (Å²) in [7, 11) is 0. The minimum Gasteiger partial charge on any atom is -0.358 e. The van der Waals surface area contributed by atoms with Gasteiger partial charge >= 0.3 is 5.69 Å². The normalized spacial score (nSPS) is 10.1. The Balaban J connectivity index is 2.60. The van der Waals surface area contributed by atoms with Gasteiger partial charge in [-0.2, -0.15) is 5.26 Å². The summed E-state index contributed by atoms with van der Waals surface area (Å²) in [5.74, 6) is -0.444. The fourth-order valence-corrected chi connectivity index (χ4v) is 1.55. The van der Waals surface area contributed by atoms with Crippen molar-refractivity contribution in [2.45, 2.75) is 0 Å². The molecule has 0 spiro atoms. The number of halogens is 2. The molecular weight excluding hydrogens is 281 g/mol. The van der Waals surface area contributed by atoms with Crippen molar-refractivity contribution in [1.29, 1.82) is 5.26 Å². The van der Waals surface area contributed by atoms with Gasteiger partial charge in [0.15, 0.2) is 6.07 Å². The maximum Gasteiger partial charge on any atom is 0.302 e. The van der Waals surface area contributed by atoms with Gasteiger partial charge in [0.05, 0.1) is 4.47 Å². The number of nitriles is 1. The van der Waals surface area contributed by atoms with Gasteiger partial charge in [0.25, 0.3) is 5.69 Å². The van der Waals surface area contributed by atoms with Crippen molar-refractivity contribution in [3.05, 3.63) is 39.4 Å². The topological polar surface area (TPSA) is 76.8 Å². The zero-order chi connectivity index (χ0) is 11.7. The second-order valence-electron chi connectivity index (χ2n) is 2.87. The van der Waals surface area contributed by atoms with E-state index in [1.165, 1.54) is 18.2 Å². The summed E-state index contributed by atoms with van der Waals surface area (Å²) in [5, 5.41) is 23.1. The number of benzene rings is 1. The Morgan fingerprint density at radius 2 is 2.31 bits per heavy atom. The monoisotopic (exact) mass is 283 g/mol. The molecule has 80 valence electrons. The zero-order valence-electron chi connectivity index (χ0n) is 7.65. The molecule has 0 saturated heterocycles. The number of hydrogen-bond donors (Lipinski definition) is 0. The summed E-state index contributed by atoms with van der Waals surface area (Å²) >= 11 is 3.00. The van der Waals surface area contributed by atoms with Crippen LogP contribution in [0.2, 0.25) is 0 Å². The van der Waals surface area contributed by atoms with E-state index in [9.17, 15) is 9.60 Å². The van der Waals surface area contributed by atoms with Crippen LogP contribution in [0.5, 0.6) is 0 Å². The fourth-order valence-electron chi connectivity index (χ4n) is 1.18. The highest BCUT2D eigenvalue weighted by Crippen LogP contribution is 2.24. The smallest absolute Gasteiger partial charge is 0.302 e. The molecule has 2 rings (SSSR count). The third-order valence-corrected chi connectivity index (χ3v) is 2.52. The molecule has 0 bridgehead atoms. The maximum atomic E-state index is 13.0. The molecule has 1 aromatic carbocycles. The van der Waals surface area contributed by atoms with E-state index in [1.807, 2.05) is 0 Å². The van der Waals surface area contributed by atoms with Crippen LogP contribution in [0.3, 0.4) is 0 Å². The first kappa shape index (κ1) is 10.6. The highest BCUT2D eigenvalue weighted by molar-refractivity contribution is 9.10. The highest BCUT2D eigenvalue weighted by Gasteiger charge is 2.21. The summed E-state index contributed by atoms with van der Waals surface area (Å²) in [6.45, 7) is 0. The van der Waals surface area contributed by atoms with Crippen molar-refractivity contribution in [3.63, 3.8) is 0 Å². The minimum atomic E-state index is -0.444. The first-order valence-electron chi connectivity index (χ1n) is 4.08. The van der Waals surface area contributed by atoms with Gasteiger partial charge in [-0.15, -0.1) is 0 Å². The molecule has 0 fully saturated rings. The summed E-state index contributed by atoms with van der Waals surface area (Å²) < 4.78 is 17.5. The quantitative estimate of drug-likeness (QED) is 0.747. The lowest BCUT2D eigenvalue weighted by molar-refractivity contribution is -0.804. The van der Waals surface area contributed by atoms with E-state index >= 15 is 0 Å². The Morgan fingerprint density at radius 1 is 1.56 bits per heavy atom. The summed E-state index contributed by atoms with van der Waals surface area (Å²) in [6, 6.07) is 5.67. The number of aromatic nitrogens is 2. The third kappa shape index (κ3) is 1.63. The fraction of sp³-hybridized carbons (Fsp3) is 0. The van der Waals surface area contributed by atoms with Crippen LogP contribution < -0.4 is 4.90 Å². The van der Waals surface area contributed by atoms with Crippen molar-refractivity contribution in [1.82, 2.24) is 5.16 Å². The second-order valence-corrected chi connectivity index (χ2v) is 3.72. The first-order valence-corrected chi connectivity index (χ1v) is 4.88. The van der Waals surface area contributed by atoms with E-state index in [0.29, 0.717) is 5.56 Å². The van der Waals surface area contributed by atoms with E-state index in [4.69, 9.17) is 5.26 Å². The van der Waals surface area contributed by atoms with Crippen LogP contribution in [0.1, 0.15) is 5.69 Å². The molecule has 0 N–H and O–H groups in total. The Morgan fingerprint density at radius 3 is 2.94 bits per heavy atom. The summed E-state index contributed by atoms with van der Waals surface area (Å²) in [5.41, 5.74) is 0.236. The highest BCUT2D eigenvalue weighted by atomic mass is 79.9. The lowest BCUT2D eigenvalue weighted by Crippen LogP contribution is -2.26. The van der Waals surface area contributed by atoms with E-state index < -0.39 is 5.82 Å². The molecule has 0 aliphatic carbocycles. The molecule has 0 saturated carbocycles. The van der Waals surface area contributed by atoms with Crippen LogP contribution in [0, 0.1) is 22.4 Å². The van der Waals surface area contributed by atoms with Crippen LogP contribution in [-0.2, 0) is 0 Å².